The molecule has 0 radical (unpaired) electrons. The van der Waals surface area contributed by atoms with Crippen LogP contribution in [0.3, 0.4) is 0 Å². The van der Waals surface area contributed by atoms with Gasteiger partial charge in [-0.3, -0.25) is 0 Å². The van der Waals surface area contributed by atoms with E-state index in [-0.39, 0.29) is 0 Å². The average Bonchev–Trinajstić information content (AvgIpc) is 2.90. The Kier molecular flexibility index (Phi) is 7.54. The van der Waals surface area contributed by atoms with Gasteiger partial charge in [-0.05, 0) is 123 Å². The molecule has 0 unspecified atom stereocenters. The van der Waals surface area contributed by atoms with Crippen LogP contribution in [-0.2, 0) is 0 Å². The van der Waals surface area contributed by atoms with E-state index in [1.54, 1.807) is 0 Å². The van der Waals surface area contributed by atoms with Gasteiger partial charge in [0.25, 0.3) is 0 Å². The highest BCUT2D eigenvalue weighted by molar-refractivity contribution is 5.91. The van der Waals surface area contributed by atoms with Gasteiger partial charge in [-0.25, -0.2) is 0 Å². The van der Waals surface area contributed by atoms with Crippen LogP contribution in [0.1, 0.15) is 44.5 Å². The summed E-state index contributed by atoms with van der Waals surface area (Å²) < 4.78 is 13.9. The first kappa shape index (κ1) is 27.3. The molecule has 40 heavy (non-hydrogen) atoms. The van der Waals surface area contributed by atoms with Crippen LogP contribution in [0.5, 0.6) is 23.0 Å². The predicted octanol–water partition coefficient (Wildman–Crippen LogP) is 11.1. The quantitative estimate of drug-likeness (QED) is 0.219. The van der Waals surface area contributed by atoms with Crippen molar-refractivity contribution in [2.24, 2.45) is 0 Å². The normalized spacial score (nSPS) is 11.0. The van der Waals surface area contributed by atoms with E-state index in [2.05, 4.69) is 140 Å². The third-order valence-electron chi connectivity index (χ3n) is 7.83. The van der Waals surface area contributed by atoms with Crippen molar-refractivity contribution in [2.75, 3.05) is 0 Å². The molecule has 2 nitrogen and oxygen atoms in total. The monoisotopic (exact) mass is 526 g/mol. The van der Waals surface area contributed by atoms with Gasteiger partial charge in [0, 0.05) is 5.56 Å². The van der Waals surface area contributed by atoms with Gasteiger partial charge < -0.3 is 9.47 Å². The topological polar surface area (TPSA) is 18.5 Å². The summed E-state index contributed by atoms with van der Waals surface area (Å²) in [6.45, 7) is 17.1. The summed E-state index contributed by atoms with van der Waals surface area (Å²) in [7, 11) is 0. The van der Waals surface area contributed by atoms with E-state index in [4.69, 9.17) is 9.47 Å². The standard InChI is InChI=1S/C38H38O2/c1-23-13-9-14-24(2)33(23)31-21-22-32(39-36-27(5)17-11-18-28(36)6)35(34-25(3)15-10-16-26(34)4)38(31)40-37-29(7)19-12-20-30(37)8/h9-22H,1-8H3. The zero-order valence-corrected chi connectivity index (χ0v) is 24.9. The molecular formula is C38H38O2. The SMILES string of the molecule is Cc1cccc(C)c1Oc1ccc(-c2c(C)cccc2C)c(Oc2c(C)cccc2C)c1-c1c(C)cccc1C. The molecule has 5 aromatic rings. The number of hydrogen-bond acceptors (Lipinski definition) is 2. The molecule has 0 fully saturated rings. The largest absolute Gasteiger partial charge is 0.456 e. The molecule has 0 saturated carbocycles. The van der Waals surface area contributed by atoms with Crippen LogP contribution >= 0.6 is 0 Å². The Balaban J connectivity index is 1.91. The highest BCUT2D eigenvalue weighted by atomic mass is 16.5. The third kappa shape index (κ3) is 5.02. The number of benzene rings is 5. The van der Waals surface area contributed by atoms with Crippen molar-refractivity contribution in [3.8, 4) is 45.3 Å². The van der Waals surface area contributed by atoms with Crippen LogP contribution in [0.25, 0.3) is 22.3 Å². The summed E-state index contributed by atoms with van der Waals surface area (Å²) in [6, 6.07) is 29.8. The van der Waals surface area contributed by atoms with Crippen molar-refractivity contribution >= 4 is 0 Å². The molecule has 0 saturated heterocycles. The summed E-state index contributed by atoms with van der Waals surface area (Å²) in [5.41, 5.74) is 13.5. The van der Waals surface area contributed by atoms with Crippen molar-refractivity contribution in [3.63, 3.8) is 0 Å². The fourth-order valence-corrected chi connectivity index (χ4v) is 5.77. The Morgan fingerprint density at radius 3 is 1.15 bits per heavy atom. The summed E-state index contributed by atoms with van der Waals surface area (Å²) in [5.74, 6) is 3.36. The van der Waals surface area contributed by atoms with Gasteiger partial charge in [0.1, 0.15) is 23.0 Å². The fraction of sp³-hybridized carbons (Fsp3) is 0.211. The molecule has 0 amide bonds. The highest BCUT2D eigenvalue weighted by Crippen LogP contribution is 2.51. The molecule has 5 aromatic carbocycles. The molecule has 0 aromatic heterocycles. The molecule has 0 heterocycles. The molecule has 0 bridgehead atoms. The zero-order valence-electron chi connectivity index (χ0n) is 24.9. The first-order chi connectivity index (χ1) is 19.2. The van der Waals surface area contributed by atoms with Crippen LogP contribution in [0.4, 0.5) is 0 Å². The van der Waals surface area contributed by atoms with E-state index in [0.29, 0.717) is 0 Å². The fourth-order valence-electron chi connectivity index (χ4n) is 5.77. The number of hydrogen-bond donors (Lipinski definition) is 0. The zero-order chi connectivity index (χ0) is 28.6. The smallest absolute Gasteiger partial charge is 0.146 e. The van der Waals surface area contributed by atoms with Crippen LogP contribution in [0, 0.1) is 55.4 Å². The van der Waals surface area contributed by atoms with E-state index in [1.165, 1.54) is 27.8 Å². The Labute approximate surface area is 239 Å². The molecule has 0 atom stereocenters. The number of rotatable bonds is 6. The average molecular weight is 527 g/mol. The minimum Gasteiger partial charge on any atom is -0.456 e. The maximum atomic E-state index is 7.09. The minimum absolute atomic E-state index is 0.783. The maximum Gasteiger partial charge on any atom is 0.146 e. The van der Waals surface area contributed by atoms with E-state index < -0.39 is 0 Å². The second kappa shape index (κ2) is 11.1. The van der Waals surface area contributed by atoms with Gasteiger partial charge >= 0.3 is 0 Å². The van der Waals surface area contributed by atoms with Gasteiger partial charge in [-0.15, -0.1) is 0 Å². The van der Waals surface area contributed by atoms with Crippen LogP contribution < -0.4 is 9.47 Å². The van der Waals surface area contributed by atoms with E-state index in [1.807, 2.05) is 0 Å². The predicted molar refractivity (Wildman–Crippen MR) is 168 cm³/mol. The van der Waals surface area contributed by atoms with Crippen LogP contribution in [-0.4, -0.2) is 0 Å². The lowest BCUT2D eigenvalue weighted by Gasteiger charge is -2.25. The molecule has 202 valence electrons. The van der Waals surface area contributed by atoms with Gasteiger partial charge in [0.15, 0.2) is 0 Å². The Hall–Kier alpha value is -4.30. The Morgan fingerprint density at radius 2 is 0.700 bits per heavy atom. The first-order valence-corrected chi connectivity index (χ1v) is 14.0. The van der Waals surface area contributed by atoms with E-state index in [0.717, 1.165) is 61.9 Å². The van der Waals surface area contributed by atoms with Crippen LogP contribution in [0.15, 0.2) is 84.9 Å². The minimum atomic E-state index is 0.783. The van der Waals surface area contributed by atoms with Crippen molar-refractivity contribution in [3.05, 3.63) is 129 Å². The molecule has 0 aliphatic carbocycles. The number of para-hydroxylation sites is 2. The lowest BCUT2D eigenvalue weighted by Crippen LogP contribution is -2.02. The molecule has 2 heteroatoms. The molecule has 0 aliphatic rings. The molecule has 0 aliphatic heterocycles. The Bertz CT molecular complexity index is 1640. The van der Waals surface area contributed by atoms with Crippen LogP contribution in [0.2, 0.25) is 0 Å². The van der Waals surface area contributed by atoms with Crippen molar-refractivity contribution in [1.82, 2.24) is 0 Å². The lowest BCUT2D eigenvalue weighted by atomic mass is 9.88. The van der Waals surface area contributed by atoms with E-state index >= 15 is 0 Å². The molecule has 0 N–H and O–H groups in total. The maximum absolute atomic E-state index is 7.09. The van der Waals surface area contributed by atoms with Crippen molar-refractivity contribution in [2.45, 2.75) is 55.4 Å². The van der Waals surface area contributed by atoms with Gasteiger partial charge in [0.2, 0.25) is 0 Å². The summed E-state index contributed by atoms with van der Waals surface area (Å²) in [5, 5.41) is 0. The van der Waals surface area contributed by atoms with Gasteiger partial charge in [0.05, 0.1) is 5.56 Å². The highest BCUT2D eigenvalue weighted by Gasteiger charge is 2.25. The first-order valence-electron chi connectivity index (χ1n) is 14.0. The third-order valence-corrected chi connectivity index (χ3v) is 7.83. The lowest BCUT2D eigenvalue weighted by molar-refractivity contribution is 0.457. The molecule has 5 rings (SSSR count). The Morgan fingerprint density at radius 1 is 0.325 bits per heavy atom. The summed E-state index contributed by atoms with van der Waals surface area (Å²) in [4.78, 5) is 0. The van der Waals surface area contributed by atoms with E-state index in [9.17, 15) is 0 Å². The van der Waals surface area contributed by atoms with Gasteiger partial charge in [-0.1, -0.05) is 72.8 Å². The number of aryl methyl sites for hydroxylation is 8. The second-order valence-electron chi connectivity index (χ2n) is 11.0. The summed E-state index contributed by atoms with van der Waals surface area (Å²) in [6.07, 6.45) is 0. The molecule has 0 spiro atoms. The van der Waals surface area contributed by atoms with Crippen molar-refractivity contribution < 1.29 is 9.47 Å². The molecular weight excluding hydrogens is 488 g/mol. The second-order valence-corrected chi connectivity index (χ2v) is 11.0. The van der Waals surface area contributed by atoms with Crippen molar-refractivity contribution in [1.29, 1.82) is 0 Å². The van der Waals surface area contributed by atoms with Gasteiger partial charge in [-0.2, -0.15) is 0 Å². The number of ether oxygens (including phenoxy) is 2. The summed E-state index contributed by atoms with van der Waals surface area (Å²) >= 11 is 0.